The first-order chi connectivity index (χ1) is 17.7. The topological polar surface area (TPSA) is 160 Å². The van der Waals surface area contributed by atoms with Crippen LogP contribution >= 0.6 is 0 Å². The van der Waals surface area contributed by atoms with E-state index >= 15 is 0 Å². The molecule has 0 unspecified atom stereocenters. The molecular formula is C25H17N3O9. The Morgan fingerprint density at radius 2 is 1.57 bits per heavy atom. The quantitative estimate of drug-likeness (QED) is 0.142. The molecular weight excluding hydrogens is 486 g/mol. The van der Waals surface area contributed by atoms with Gasteiger partial charge < -0.3 is 14.2 Å². The van der Waals surface area contributed by atoms with E-state index in [0.29, 0.717) is 11.1 Å². The molecule has 0 atom stereocenters. The number of hydrogen-bond donors (Lipinski definition) is 0. The Balaban J connectivity index is 1.55. The van der Waals surface area contributed by atoms with Crippen molar-refractivity contribution >= 4 is 35.3 Å². The summed E-state index contributed by atoms with van der Waals surface area (Å²) in [5.41, 5.74) is 0.730. The number of nitro groups is 2. The van der Waals surface area contributed by atoms with E-state index < -0.39 is 21.8 Å². The second kappa shape index (κ2) is 10.5. The minimum absolute atomic E-state index is 0.00447. The molecule has 0 N–H and O–H groups in total. The van der Waals surface area contributed by atoms with E-state index in [-0.39, 0.29) is 46.6 Å². The third-order valence-electron chi connectivity index (χ3n) is 5.03. The molecule has 0 saturated carbocycles. The lowest BCUT2D eigenvalue weighted by molar-refractivity contribution is -0.385. The predicted molar refractivity (Wildman–Crippen MR) is 129 cm³/mol. The second-order valence-corrected chi connectivity index (χ2v) is 7.47. The van der Waals surface area contributed by atoms with Crippen LogP contribution in [0.1, 0.15) is 28.4 Å². The number of hydrogen-bond acceptors (Lipinski definition) is 10. The number of nitro benzene ring substituents is 2. The fourth-order valence-electron chi connectivity index (χ4n) is 3.26. The SMILES string of the molecule is CCOc1cc(/C=C2/N=C(c3ccc([N+](=O)[O-])cc3)OC2=O)ccc1OC(=O)c1ccc([N+](=O)[O-])cc1. The standard InChI is InChI=1S/C25H17N3O9/c1-2-35-22-14-15(3-12-21(22)36-24(29)17-6-10-19(11-7-17)28(33)34)13-20-25(30)37-23(26-20)16-4-8-18(9-5-16)27(31)32/h3-14H,2H2,1H3/b20-13+. The molecule has 0 aliphatic carbocycles. The molecule has 12 nitrogen and oxygen atoms in total. The van der Waals surface area contributed by atoms with Crippen molar-refractivity contribution in [2.75, 3.05) is 6.61 Å². The summed E-state index contributed by atoms with van der Waals surface area (Å²) in [7, 11) is 0. The van der Waals surface area contributed by atoms with Crippen molar-refractivity contribution in [3.8, 4) is 11.5 Å². The number of rotatable bonds is 8. The molecule has 3 aromatic rings. The van der Waals surface area contributed by atoms with Crippen LogP contribution in [0.2, 0.25) is 0 Å². The van der Waals surface area contributed by atoms with E-state index in [9.17, 15) is 29.8 Å². The molecule has 1 aliphatic rings. The maximum Gasteiger partial charge on any atom is 0.363 e. The summed E-state index contributed by atoms with van der Waals surface area (Å²) in [5.74, 6) is -1.11. The minimum atomic E-state index is -0.737. The summed E-state index contributed by atoms with van der Waals surface area (Å²) in [6.45, 7) is 1.99. The molecule has 1 heterocycles. The first-order valence-electron chi connectivity index (χ1n) is 10.8. The molecule has 0 amide bonds. The van der Waals surface area contributed by atoms with Gasteiger partial charge in [-0.25, -0.2) is 14.6 Å². The average Bonchev–Trinajstić information content (AvgIpc) is 3.25. The summed E-state index contributed by atoms with van der Waals surface area (Å²) in [4.78, 5) is 49.5. The van der Waals surface area contributed by atoms with E-state index in [1.54, 1.807) is 19.1 Å². The third-order valence-corrected chi connectivity index (χ3v) is 5.03. The molecule has 1 aliphatic heterocycles. The van der Waals surface area contributed by atoms with E-state index in [2.05, 4.69) is 4.99 Å². The molecule has 0 saturated heterocycles. The molecule has 0 spiro atoms. The number of carbonyl (C=O) groups is 2. The summed E-state index contributed by atoms with van der Waals surface area (Å²) in [6.07, 6.45) is 1.45. The highest BCUT2D eigenvalue weighted by molar-refractivity contribution is 6.12. The molecule has 3 aromatic carbocycles. The van der Waals surface area contributed by atoms with Gasteiger partial charge in [0.25, 0.3) is 11.4 Å². The van der Waals surface area contributed by atoms with Crippen molar-refractivity contribution in [2.24, 2.45) is 4.99 Å². The molecule has 0 radical (unpaired) electrons. The van der Waals surface area contributed by atoms with Crippen molar-refractivity contribution in [3.63, 3.8) is 0 Å². The van der Waals surface area contributed by atoms with Gasteiger partial charge in [0.05, 0.1) is 22.0 Å². The lowest BCUT2D eigenvalue weighted by Gasteiger charge is -2.11. The Hall–Kier alpha value is -5.39. The molecule has 186 valence electrons. The van der Waals surface area contributed by atoms with Gasteiger partial charge in [0.2, 0.25) is 5.90 Å². The highest BCUT2D eigenvalue weighted by atomic mass is 16.6. The summed E-state index contributed by atoms with van der Waals surface area (Å²) >= 11 is 0. The Morgan fingerprint density at radius 3 is 2.16 bits per heavy atom. The minimum Gasteiger partial charge on any atom is -0.490 e. The van der Waals surface area contributed by atoms with E-state index in [0.717, 1.165) is 0 Å². The van der Waals surface area contributed by atoms with E-state index in [1.165, 1.54) is 60.7 Å². The van der Waals surface area contributed by atoms with Crippen LogP contribution in [0.15, 0.2) is 77.4 Å². The highest BCUT2D eigenvalue weighted by Crippen LogP contribution is 2.31. The smallest absolute Gasteiger partial charge is 0.363 e. The zero-order valence-electron chi connectivity index (χ0n) is 19.2. The molecule has 4 rings (SSSR count). The van der Waals surface area contributed by atoms with Crippen LogP contribution < -0.4 is 9.47 Å². The summed E-state index contributed by atoms with van der Waals surface area (Å²) in [5, 5.41) is 21.6. The lowest BCUT2D eigenvalue weighted by Crippen LogP contribution is -2.10. The Bertz CT molecular complexity index is 1460. The van der Waals surface area contributed by atoms with Crippen molar-refractivity contribution in [1.29, 1.82) is 0 Å². The van der Waals surface area contributed by atoms with Crippen LogP contribution in [0.25, 0.3) is 6.08 Å². The number of benzene rings is 3. The van der Waals surface area contributed by atoms with Gasteiger partial charge in [0, 0.05) is 29.8 Å². The van der Waals surface area contributed by atoms with Gasteiger partial charge >= 0.3 is 11.9 Å². The number of non-ortho nitro benzene ring substituents is 2. The monoisotopic (exact) mass is 503 g/mol. The molecule has 12 heteroatoms. The van der Waals surface area contributed by atoms with Crippen LogP contribution in [0.4, 0.5) is 11.4 Å². The fraction of sp³-hybridized carbons (Fsp3) is 0.0800. The number of cyclic esters (lactones) is 1. The zero-order chi connectivity index (χ0) is 26.5. The third kappa shape index (κ3) is 5.65. The van der Waals surface area contributed by atoms with Crippen LogP contribution in [-0.4, -0.2) is 34.3 Å². The van der Waals surface area contributed by atoms with Crippen LogP contribution in [0, 0.1) is 20.2 Å². The zero-order valence-corrected chi connectivity index (χ0v) is 19.2. The Morgan fingerprint density at radius 1 is 0.946 bits per heavy atom. The lowest BCUT2D eigenvalue weighted by atomic mass is 10.1. The van der Waals surface area contributed by atoms with Gasteiger partial charge in [-0.05, 0) is 55.0 Å². The Labute approximate surface area is 208 Å². The predicted octanol–water partition coefficient (Wildman–Crippen LogP) is 4.47. The first-order valence-corrected chi connectivity index (χ1v) is 10.8. The maximum absolute atomic E-state index is 12.5. The molecule has 37 heavy (non-hydrogen) atoms. The highest BCUT2D eigenvalue weighted by Gasteiger charge is 2.25. The summed E-state index contributed by atoms with van der Waals surface area (Å²) in [6, 6.07) is 14.9. The van der Waals surface area contributed by atoms with Crippen molar-refractivity contribution in [2.45, 2.75) is 6.92 Å². The van der Waals surface area contributed by atoms with Gasteiger partial charge in [-0.1, -0.05) is 6.07 Å². The number of aliphatic imine (C=N–C) groups is 1. The number of nitrogens with zero attached hydrogens (tertiary/aromatic N) is 3. The second-order valence-electron chi connectivity index (χ2n) is 7.47. The van der Waals surface area contributed by atoms with Gasteiger partial charge in [0.15, 0.2) is 17.2 Å². The van der Waals surface area contributed by atoms with Crippen LogP contribution in [0.5, 0.6) is 11.5 Å². The number of carbonyl (C=O) groups excluding carboxylic acids is 2. The molecule has 0 fully saturated rings. The van der Waals surface area contributed by atoms with Gasteiger partial charge in [-0.15, -0.1) is 0 Å². The van der Waals surface area contributed by atoms with Crippen LogP contribution in [0.3, 0.4) is 0 Å². The Kier molecular flexibility index (Phi) is 7.00. The average molecular weight is 503 g/mol. The van der Waals surface area contributed by atoms with Gasteiger partial charge in [-0.2, -0.15) is 0 Å². The largest absolute Gasteiger partial charge is 0.490 e. The maximum atomic E-state index is 12.5. The summed E-state index contributed by atoms with van der Waals surface area (Å²) < 4.78 is 16.2. The normalized spacial score (nSPS) is 13.6. The van der Waals surface area contributed by atoms with E-state index in [1.807, 2.05) is 0 Å². The van der Waals surface area contributed by atoms with Gasteiger partial charge in [0.1, 0.15) is 0 Å². The van der Waals surface area contributed by atoms with E-state index in [4.69, 9.17) is 14.2 Å². The van der Waals surface area contributed by atoms with Crippen molar-refractivity contribution in [3.05, 3.63) is 109 Å². The van der Waals surface area contributed by atoms with Crippen molar-refractivity contribution in [1.82, 2.24) is 0 Å². The molecule has 0 bridgehead atoms. The number of ether oxygens (including phenoxy) is 3. The van der Waals surface area contributed by atoms with Crippen LogP contribution in [-0.2, 0) is 9.53 Å². The first kappa shape index (κ1) is 24.7. The molecule has 0 aromatic heterocycles. The van der Waals surface area contributed by atoms with Gasteiger partial charge in [-0.3, -0.25) is 20.2 Å². The van der Waals surface area contributed by atoms with Crippen molar-refractivity contribution < 1.29 is 33.6 Å². The number of esters is 2. The fourth-order valence-corrected chi connectivity index (χ4v) is 3.26.